The first-order valence-electron chi connectivity index (χ1n) is 5.81. The Labute approximate surface area is 115 Å². The molecule has 0 aliphatic carbocycles. The Hall–Kier alpha value is -1.97. The summed E-state index contributed by atoms with van der Waals surface area (Å²) in [6, 6.07) is 2.36. The third kappa shape index (κ3) is 2.26. The van der Waals surface area contributed by atoms with Gasteiger partial charge in [0, 0.05) is 18.9 Å². The van der Waals surface area contributed by atoms with Crippen LogP contribution >= 0.6 is 0 Å². The number of hydroxylamine groups is 2. The normalized spacial score (nSPS) is 22.1. The first kappa shape index (κ1) is 13.0. The van der Waals surface area contributed by atoms with Crippen LogP contribution in [0, 0.1) is 0 Å². The predicted octanol–water partition coefficient (Wildman–Crippen LogP) is 0.319. The number of carbonyl (C=O) groups excluding carboxylic acids is 1. The van der Waals surface area contributed by atoms with Crippen molar-refractivity contribution in [3.63, 3.8) is 0 Å². The van der Waals surface area contributed by atoms with Crippen LogP contribution in [0.2, 0.25) is 0 Å². The zero-order valence-electron chi connectivity index (χ0n) is 10.2. The van der Waals surface area contributed by atoms with Crippen molar-refractivity contribution >= 4 is 22.0 Å². The summed E-state index contributed by atoms with van der Waals surface area (Å²) in [7, 11) is -4.75. The van der Waals surface area contributed by atoms with Gasteiger partial charge in [0.15, 0.2) is 0 Å². The maximum atomic E-state index is 11.9. The molecule has 2 amide bonds. The third-order valence-electron chi connectivity index (χ3n) is 3.20. The highest BCUT2D eigenvalue weighted by atomic mass is 32.3. The molecule has 1 aromatic heterocycles. The molecule has 2 aliphatic rings. The van der Waals surface area contributed by atoms with E-state index in [1.54, 1.807) is 18.5 Å². The standard InChI is InChI=1S/C11H11N3O5S/c15-11-13-5-3-9(8-2-1-4-12-6-8)10(7-13)14(11)19-20(16,17)18/h1-4,6,10H,5,7H2,(H,16,17,18). The Morgan fingerprint density at radius 1 is 1.45 bits per heavy atom. The molecular weight excluding hydrogens is 286 g/mol. The lowest BCUT2D eigenvalue weighted by Gasteiger charge is -2.23. The monoisotopic (exact) mass is 297 g/mol. The van der Waals surface area contributed by atoms with E-state index in [1.807, 2.05) is 12.1 Å². The van der Waals surface area contributed by atoms with E-state index in [0.29, 0.717) is 18.2 Å². The second kappa shape index (κ2) is 4.54. The zero-order chi connectivity index (χ0) is 14.3. The van der Waals surface area contributed by atoms with Gasteiger partial charge in [-0.05, 0) is 17.2 Å². The molecule has 0 saturated carbocycles. The Morgan fingerprint density at radius 3 is 2.90 bits per heavy atom. The molecule has 20 heavy (non-hydrogen) atoms. The van der Waals surface area contributed by atoms with Crippen LogP contribution in [-0.2, 0) is 14.7 Å². The van der Waals surface area contributed by atoms with E-state index >= 15 is 0 Å². The summed E-state index contributed by atoms with van der Waals surface area (Å²) in [5.41, 5.74) is 1.51. The van der Waals surface area contributed by atoms with Gasteiger partial charge < -0.3 is 4.90 Å². The minimum Gasteiger partial charge on any atom is -0.317 e. The lowest BCUT2D eigenvalue weighted by atomic mass is 9.98. The lowest BCUT2D eigenvalue weighted by Crippen LogP contribution is -2.36. The molecule has 106 valence electrons. The summed E-state index contributed by atoms with van der Waals surface area (Å²) < 4.78 is 34.9. The Kier molecular flexibility index (Phi) is 2.96. The number of pyridine rings is 1. The van der Waals surface area contributed by atoms with Crippen molar-refractivity contribution in [1.82, 2.24) is 14.9 Å². The van der Waals surface area contributed by atoms with Crippen molar-refractivity contribution in [3.8, 4) is 0 Å². The molecule has 1 unspecified atom stereocenters. The van der Waals surface area contributed by atoms with Crippen LogP contribution in [0.15, 0.2) is 30.6 Å². The minimum atomic E-state index is -4.75. The van der Waals surface area contributed by atoms with E-state index < -0.39 is 22.5 Å². The molecule has 1 aromatic rings. The molecule has 0 radical (unpaired) electrons. The van der Waals surface area contributed by atoms with E-state index in [1.165, 1.54) is 4.90 Å². The van der Waals surface area contributed by atoms with Crippen molar-refractivity contribution in [2.45, 2.75) is 6.04 Å². The van der Waals surface area contributed by atoms with Crippen molar-refractivity contribution in [2.75, 3.05) is 13.1 Å². The van der Waals surface area contributed by atoms with Gasteiger partial charge >= 0.3 is 16.4 Å². The molecule has 0 aromatic carbocycles. The largest absolute Gasteiger partial charge is 0.418 e. The van der Waals surface area contributed by atoms with Crippen LogP contribution < -0.4 is 0 Å². The van der Waals surface area contributed by atoms with Crippen LogP contribution in [0.5, 0.6) is 0 Å². The molecule has 3 rings (SSSR count). The average molecular weight is 297 g/mol. The van der Waals surface area contributed by atoms with E-state index in [0.717, 1.165) is 11.1 Å². The number of urea groups is 1. The first-order chi connectivity index (χ1) is 9.46. The lowest BCUT2D eigenvalue weighted by molar-refractivity contribution is -0.0160. The van der Waals surface area contributed by atoms with Gasteiger partial charge in [-0.3, -0.25) is 9.54 Å². The maximum Gasteiger partial charge on any atom is 0.418 e. The molecule has 9 heteroatoms. The Balaban J connectivity index is 1.96. The van der Waals surface area contributed by atoms with Gasteiger partial charge in [-0.15, -0.1) is 4.28 Å². The Bertz CT molecular complexity index is 673. The molecule has 8 nitrogen and oxygen atoms in total. The number of rotatable bonds is 3. The third-order valence-corrected chi connectivity index (χ3v) is 3.54. The smallest absolute Gasteiger partial charge is 0.317 e. The fourth-order valence-corrected chi connectivity index (χ4v) is 2.76. The van der Waals surface area contributed by atoms with E-state index in [-0.39, 0.29) is 0 Å². The molecule has 1 atom stereocenters. The summed E-state index contributed by atoms with van der Waals surface area (Å²) >= 11 is 0. The Morgan fingerprint density at radius 2 is 2.25 bits per heavy atom. The zero-order valence-corrected chi connectivity index (χ0v) is 11.0. The molecule has 1 saturated heterocycles. The van der Waals surface area contributed by atoms with Gasteiger partial charge in [-0.2, -0.15) is 13.5 Å². The highest BCUT2D eigenvalue weighted by Crippen LogP contribution is 2.32. The number of nitrogens with zero attached hydrogens (tertiary/aromatic N) is 3. The molecule has 2 aliphatic heterocycles. The fourth-order valence-electron chi connectivity index (χ4n) is 2.38. The number of hydrogen-bond donors (Lipinski definition) is 1. The summed E-state index contributed by atoms with van der Waals surface area (Å²) in [4.78, 5) is 17.4. The number of amides is 2. The highest BCUT2D eigenvalue weighted by molar-refractivity contribution is 7.80. The van der Waals surface area contributed by atoms with Crippen LogP contribution in [0.3, 0.4) is 0 Å². The summed E-state index contributed by atoms with van der Waals surface area (Å²) in [5.74, 6) is 0. The number of aromatic nitrogens is 1. The van der Waals surface area contributed by atoms with Gasteiger partial charge in [-0.25, -0.2) is 4.79 Å². The van der Waals surface area contributed by atoms with Crippen molar-refractivity contribution in [2.24, 2.45) is 0 Å². The minimum absolute atomic E-state index is 0.301. The highest BCUT2D eigenvalue weighted by Gasteiger charge is 2.45. The average Bonchev–Trinajstić information content (AvgIpc) is 2.64. The second-order valence-corrected chi connectivity index (χ2v) is 5.44. The molecule has 0 spiro atoms. The summed E-state index contributed by atoms with van der Waals surface area (Å²) in [5, 5.41) is 0.682. The van der Waals surface area contributed by atoms with Gasteiger partial charge in [-0.1, -0.05) is 12.1 Å². The summed E-state index contributed by atoms with van der Waals surface area (Å²) in [6.07, 6.45) is 5.05. The first-order valence-corrected chi connectivity index (χ1v) is 7.18. The molecule has 1 N–H and O–H groups in total. The van der Waals surface area contributed by atoms with Gasteiger partial charge in [0.2, 0.25) is 0 Å². The number of carbonyl (C=O) groups is 1. The molecule has 2 bridgehead atoms. The van der Waals surface area contributed by atoms with Crippen molar-refractivity contribution in [3.05, 3.63) is 36.2 Å². The van der Waals surface area contributed by atoms with Gasteiger partial charge in [0.05, 0.1) is 6.54 Å². The number of hydrogen-bond acceptors (Lipinski definition) is 5. The topological polar surface area (TPSA) is 100 Å². The molecule has 1 fully saturated rings. The quantitative estimate of drug-likeness (QED) is 0.806. The van der Waals surface area contributed by atoms with Gasteiger partial charge in [0.1, 0.15) is 6.04 Å². The number of fused-ring (bicyclic) bond motifs is 2. The maximum absolute atomic E-state index is 11.9. The van der Waals surface area contributed by atoms with Gasteiger partial charge in [0.25, 0.3) is 0 Å². The second-order valence-electron chi connectivity index (χ2n) is 4.43. The van der Waals surface area contributed by atoms with E-state index in [4.69, 9.17) is 4.55 Å². The molecule has 3 heterocycles. The van der Waals surface area contributed by atoms with Crippen molar-refractivity contribution < 1.29 is 22.0 Å². The van der Waals surface area contributed by atoms with Crippen LogP contribution in [0.1, 0.15) is 5.56 Å². The van der Waals surface area contributed by atoms with E-state index in [9.17, 15) is 13.2 Å². The van der Waals surface area contributed by atoms with Crippen LogP contribution in [0.25, 0.3) is 5.57 Å². The van der Waals surface area contributed by atoms with Crippen LogP contribution in [-0.4, -0.2) is 53.1 Å². The summed E-state index contributed by atoms with van der Waals surface area (Å²) in [6.45, 7) is 0.653. The van der Waals surface area contributed by atoms with Crippen molar-refractivity contribution in [1.29, 1.82) is 0 Å². The predicted molar refractivity (Wildman–Crippen MR) is 67.4 cm³/mol. The van der Waals surface area contributed by atoms with Crippen LogP contribution in [0.4, 0.5) is 4.79 Å². The SMILES string of the molecule is O=C1N2CC=C(c3cccnc3)C(C2)N1OS(=O)(=O)O. The molecular formula is C11H11N3O5S. The fraction of sp³-hybridized carbons (Fsp3) is 0.273. The van der Waals surface area contributed by atoms with E-state index in [2.05, 4.69) is 9.27 Å².